The fourth-order valence-corrected chi connectivity index (χ4v) is 0.755. The molecule has 0 aromatic heterocycles. The van der Waals surface area contributed by atoms with Gasteiger partial charge < -0.3 is 9.84 Å². The van der Waals surface area contributed by atoms with Crippen LogP contribution in [0.5, 0.6) is 0 Å². The van der Waals surface area contributed by atoms with Gasteiger partial charge in [0, 0.05) is 5.41 Å². The van der Waals surface area contributed by atoms with Crippen LogP contribution in [0.4, 0.5) is 0 Å². The minimum Gasteiger partial charge on any atom is -0.390 e. The van der Waals surface area contributed by atoms with Gasteiger partial charge in [-0.05, 0) is 0 Å². The molecule has 48 valence electrons. The Morgan fingerprint density at radius 1 is 1.62 bits per heavy atom. The van der Waals surface area contributed by atoms with E-state index in [1.165, 1.54) is 0 Å². The molecule has 0 spiro atoms. The van der Waals surface area contributed by atoms with Gasteiger partial charge in [0.15, 0.2) is 0 Å². The minimum atomic E-state index is -0.262. The van der Waals surface area contributed by atoms with Gasteiger partial charge in [0.25, 0.3) is 0 Å². The third kappa shape index (κ3) is 0.858. The van der Waals surface area contributed by atoms with Crippen LogP contribution in [-0.4, -0.2) is 24.4 Å². The topological polar surface area (TPSA) is 29.5 Å². The van der Waals surface area contributed by atoms with Crippen molar-refractivity contribution in [2.24, 2.45) is 5.41 Å². The SMILES string of the molecule is CC1(C)COC[C@H]1O. The largest absolute Gasteiger partial charge is 0.390 e. The summed E-state index contributed by atoms with van der Waals surface area (Å²) in [5.41, 5.74) is -0.0139. The van der Waals surface area contributed by atoms with E-state index in [2.05, 4.69) is 0 Å². The highest BCUT2D eigenvalue weighted by molar-refractivity contribution is 4.81. The molecule has 1 aliphatic rings. The Balaban J connectivity index is 2.54. The Bertz CT molecular complexity index is 88.5. The highest BCUT2D eigenvalue weighted by Crippen LogP contribution is 2.26. The maximum atomic E-state index is 9.13. The second kappa shape index (κ2) is 1.71. The second-order valence-corrected chi connectivity index (χ2v) is 3.02. The Kier molecular flexibility index (Phi) is 1.29. The van der Waals surface area contributed by atoms with Gasteiger partial charge in [-0.25, -0.2) is 0 Å². The van der Waals surface area contributed by atoms with Crippen molar-refractivity contribution in [2.75, 3.05) is 13.2 Å². The molecule has 1 fully saturated rings. The van der Waals surface area contributed by atoms with Gasteiger partial charge in [0.05, 0.1) is 19.3 Å². The number of ether oxygens (including phenoxy) is 1. The van der Waals surface area contributed by atoms with E-state index in [0.29, 0.717) is 13.2 Å². The van der Waals surface area contributed by atoms with Crippen LogP contribution in [0.25, 0.3) is 0 Å². The molecule has 1 saturated heterocycles. The molecule has 1 atom stereocenters. The molecule has 0 aromatic rings. The smallest absolute Gasteiger partial charge is 0.0846 e. The van der Waals surface area contributed by atoms with E-state index in [1.807, 2.05) is 13.8 Å². The monoisotopic (exact) mass is 116 g/mol. The lowest BCUT2D eigenvalue weighted by Crippen LogP contribution is -2.26. The molecule has 0 unspecified atom stereocenters. The fourth-order valence-electron chi connectivity index (χ4n) is 0.755. The molecule has 8 heavy (non-hydrogen) atoms. The standard InChI is InChI=1S/C6H12O2/c1-6(2)4-8-3-5(6)7/h5,7H,3-4H2,1-2H3/t5-/m1/s1. The normalized spacial score (nSPS) is 35.6. The summed E-state index contributed by atoms with van der Waals surface area (Å²) < 4.78 is 5.02. The molecule has 0 aromatic carbocycles. The molecule has 2 nitrogen and oxygen atoms in total. The van der Waals surface area contributed by atoms with Crippen LogP contribution in [0, 0.1) is 5.41 Å². The maximum Gasteiger partial charge on any atom is 0.0846 e. The summed E-state index contributed by atoms with van der Waals surface area (Å²) in [7, 11) is 0. The van der Waals surface area contributed by atoms with Gasteiger partial charge in [-0.1, -0.05) is 13.8 Å². The molecule has 0 radical (unpaired) electrons. The molecular weight excluding hydrogens is 104 g/mol. The predicted molar refractivity (Wildman–Crippen MR) is 30.6 cm³/mol. The van der Waals surface area contributed by atoms with Gasteiger partial charge >= 0.3 is 0 Å². The Morgan fingerprint density at radius 2 is 2.25 bits per heavy atom. The van der Waals surface area contributed by atoms with Gasteiger partial charge in [0.1, 0.15) is 0 Å². The molecule has 0 aliphatic carbocycles. The van der Waals surface area contributed by atoms with Crippen LogP contribution >= 0.6 is 0 Å². The van der Waals surface area contributed by atoms with Crippen molar-refractivity contribution in [3.05, 3.63) is 0 Å². The lowest BCUT2D eigenvalue weighted by atomic mass is 9.90. The third-order valence-electron chi connectivity index (χ3n) is 1.65. The van der Waals surface area contributed by atoms with Crippen LogP contribution in [0.1, 0.15) is 13.8 Å². The summed E-state index contributed by atoms with van der Waals surface area (Å²) >= 11 is 0. The van der Waals surface area contributed by atoms with E-state index in [4.69, 9.17) is 9.84 Å². The highest BCUT2D eigenvalue weighted by atomic mass is 16.5. The van der Waals surface area contributed by atoms with Crippen LogP contribution in [0.3, 0.4) is 0 Å². The van der Waals surface area contributed by atoms with E-state index in [9.17, 15) is 0 Å². The van der Waals surface area contributed by atoms with Crippen molar-refractivity contribution in [3.8, 4) is 0 Å². The lowest BCUT2D eigenvalue weighted by Gasteiger charge is -2.18. The van der Waals surface area contributed by atoms with Crippen LogP contribution in [0.15, 0.2) is 0 Å². The summed E-state index contributed by atoms with van der Waals surface area (Å²) in [5, 5.41) is 9.13. The Morgan fingerprint density at radius 3 is 2.38 bits per heavy atom. The van der Waals surface area contributed by atoms with E-state index >= 15 is 0 Å². The van der Waals surface area contributed by atoms with Gasteiger partial charge in [-0.3, -0.25) is 0 Å². The summed E-state index contributed by atoms with van der Waals surface area (Å²) in [6, 6.07) is 0. The average molecular weight is 116 g/mol. The molecule has 1 heterocycles. The van der Waals surface area contributed by atoms with E-state index < -0.39 is 0 Å². The lowest BCUT2D eigenvalue weighted by molar-refractivity contribution is 0.0925. The molecule has 0 amide bonds. The molecule has 2 heteroatoms. The van der Waals surface area contributed by atoms with E-state index in [-0.39, 0.29) is 11.5 Å². The zero-order chi connectivity index (χ0) is 6.20. The van der Waals surface area contributed by atoms with Crippen LogP contribution < -0.4 is 0 Å². The summed E-state index contributed by atoms with van der Waals surface area (Å²) in [4.78, 5) is 0. The number of hydrogen-bond donors (Lipinski definition) is 1. The predicted octanol–water partition coefficient (Wildman–Crippen LogP) is 0.404. The highest BCUT2D eigenvalue weighted by Gasteiger charge is 2.33. The van der Waals surface area contributed by atoms with Crippen LogP contribution in [-0.2, 0) is 4.74 Å². The summed E-state index contributed by atoms with van der Waals surface area (Å²) in [6.45, 7) is 5.20. The van der Waals surface area contributed by atoms with Crippen molar-refractivity contribution >= 4 is 0 Å². The quantitative estimate of drug-likeness (QED) is 0.496. The number of rotatable bonds is 0. The van der Waals surface area contributed by atoms with Crippen molar-refractivity contribution in [1.82, 2.24) is 0 Å². The molecule has 0 bridgehead atoms. The minimum absolute atomic E-state index is 0.0139. The number of aliphatic hydroxyl groups excluding tert-OH is 1. The number of hydrogen-bond acceptors (Lipinski definition) is 2. The summed E-state index contributed by atoms with van der Waals surface area (Å²) in [6.07, 6.45) is -0.262. The summed E-state index contributed by atoms with van der Waals surface area (Å²) in [5.74, 6) is 0. The third-order valence-corrected chi connectivity index (χ3v) is 1.65. The van der Waals surface area contributed by atoms with Crippen LogP contribution in [0.2, 0.25) is 0 Å². The first-order chi connectivity index (χ1) is 3.63. The van der Waals surface area contributed by atoms with E-state index in [0.717, 1.165) is 0 Å². The van der Waals surface area contributed by atoms with Crippen molar-refractivity contribution in [3.63, 3.8) is 0 Å². The van der Waals surface area contributed by atoms with Crippen molar-refractivity contribution in [2.45, 2.75) is 20.0 Å². The first-order valence-corrected chi connectivity index (χ1v) is 2.89. The number of aliphatic hydroxyl groups is 1. The van der Waals surface area contributed by atoms with Gasteiger partial charge in [-0.15, -0.1) is 0 Å². The molecule has 1 rings (SSSR count). The van der Waals surface area contributed by atoms with E-state index in [1.54, 1.807) is 0 Å². The fraction of sp³-hybridized carbons (Fsp3) is 1.00. The zero-order valence-corrected chi connectivity index (χ0v) is 5.35. The Labute approximate surface area is 49.5 Å². The Hall–Kier alpha value is -0.0800. The molecular formula is C6H12O2. The first-order valence-electron chi connectivity index (χ1n) is 2.89. The second-order valence-electron chi connectivity index (χ2n) is 3.02. The molecule has 1 N–H and O–H groups in total. The first kappa shape index (κ1) is 6.05. The van der Waals surface area contributed by atoms with Gasteiger partial charge in [-0.2, -0.15) is 0 Å². The van der Waals surface area contributed by atoms with Crippen molar-refractivity contribution in [1.29, 1.82) is 0 Å². The average Bonchev–Trinajstić information content (AvgIpc) is 1.86. The zero-order valence-electron chi connectivity index (χ0n) is 5.35. The molecule has 1 aliphatic heterocycles. The van der Waals surface area contributed by atoms with Crippen molar-refractivity contribution < 1.29 is 9.84 Å². The molecule has 0 saturated carbocycles. The van der Waals surface area contributed by atoms with Gasteiger partial charge in [0.2, 0.25) is 0 Å². The maximum absolute atomic E-state index is 9.13.